The predicted molar refractivity (Wildman–Crippen MR) is 414 cm³/mol. The maximum atomic E-state index is 12.8. The molecule has 0 saturated carbocycles. The molecule has 0 rings (SSSR count). The summed E-state index contributed by atoms with van der Waals surface area (Å²) in [5, 5.41) is 0. The number of rotatable bonds is 84. The number of ether oxygens (including phenoxy) is 2. The summed E-state index contributed by atoms with van der Waals surface area (Å²) in [7, 11) is -4.39. The van der Waals surface area contributed by atoms with E-state index in [1.807, 2.05) is 0 Å². The molecule has 0 amide bonds. The van der Waals surface area contributed by atoms with E-state index in [1.54, 1.807) is 0 Å². The van der Waals surface area contributed by atoms with E-state index < -0.39 is 26.5 Å². The molecular formula is C85H168NO8P. The van der Waals surface area contributed by atoms with Gasteiger partial charge in [0, 0.05) is 19.4 Å². The molecule has 0 radical (unpaired) electrons. The van der Waals surface area contributed by atoms with Gasteiger partial charge in [0.15, 0.2) is 6.10 Å². The Balaban J connectivity index is 3.69. The third-order valence-electron chi connectivity index (χ3n) is 20.2. The van der Waals surface area contributed by atoms with Crippen LogP contribution in [0.5, 0.6) is 0 Å². The first kappa shape index (κ1) is 93.8. The van der Waals surface area contributed by atoms with Crippen molar-refractivity contribution in [1.82, 2.24) is 0 Å². The minimum atomic E-state index is -4.39. The average molecular weight is 1360 g/mol. The standard InChI is InChI=1S/C85H168NO8P/c1-3-5-7-9-11-13-15-17-19-21-23-25-27-29-31-33-35-37-39-40-41-42-44-45-47-49-51-53-55-57-59-61-63-65-67-69-71-73-75-77-84(87)91-81-83(82-93-95(89,90)92-80-79-86)94-85(88)78-76-74-72-70-68-66-64-62-60-58-56-54-52-50-48-46-43-38-36-34-32-30-28-26-24-22-20-18-16-14-12-10-8-6-4-2/h22,24,83H,3-21,23,25-82,86H2,1-2H3,(H,89,90)/b24-22-. The van der Waals surface area contributed by atoms with Crippen molar-refractivity contribution in [3.8, 4) is 0 Å². The Labute approximate surface area is 593 Å². The fourth-order valence-electron chi connectivity index (χ4n) is 13.8. The molecule has 0 aromatic rings. The fraction of sp³-hybridized carbons (Fsp3) is 0.953. The van der Waals surface area contributed by atoms with Crippen molar-refractivity contribution < 1.29 is 37.6 Å². The van der Waals surface area contributed by atoms with Crippen LogP contribution < -0.4 is 5.73 Å². The molecule has 0 aliphatic rings. The van der Waals surface area contributed by atoms with Crippen molar-refractivity contribution in [2.45, 2.75) is 495 Å². The summed E-state index contributed by atoms with van der Waals surface area (Å²) in [4.78, 5) is 35.5. The van der Waals surface area contributed by atoms with Gasteiger partial charge in [0.25, 0.3) is 0 Å². The zero-order valence-corrected chi connectivity index (χ0v) is 65.1. The van der Waals surface area contributed by atoms with Gasteiger partial charge in [-0.1, -0.05) is 450 Å². The van der Waals surface area contributed by atoms with E-state index in [-0.39, 0.29) is 38.6 Å². The highest BCUT2D eigenvalue weighted by Crippen LogP contribution is 2.43. The van der Waals surface area contributed by atoms with Gasteiger partial charge in [0.2, 0.25) is 0 Å². The van der Waals surface area contributed by atoms with Crippen molar-refractivity contribution >= 4 is 19.8 Å². The summed E-state index contributed by atoms with van der Waals surface area (Å²) < 4.78 is 33.3. The molecule has 0 aromatic carbocycles. The Kier molecular flexibility index (Phi) is 80.6. The number of phosphoric acid groups is 1. The molecule has 0 aliphatic carbocycles. The monoisotopic (exact) mass is 1360 g/mol. The Morgan fingerprint density at radius 1 is 0.305 bits per heavy atom. The van der Waals surface area contributed by atoms with Crippen molar-refractivity contribution in [3.05, 3.63) is 12.2 Å². The third-order valence-corrected chi connectivity index (χ3v) is 21.1. The Hall–Kier alpha value is -1.25. The number of unbranched alkanes of at least 4 members (excludes halogenated alkanes) is 69. The lowest BCUT2D eigenvalue weighted by Gasteiger charge is -2.19. The van der Waals surface area contributed by atoms with E-state index in [4.69, 9.17) is 24.3 Å². The predicted octanol–water partition coefficient (Wildman–Crippen LogP) is 29.0. The first-order valence-electron chi connectivity index (χ1n) is 43.2. The summed E-state index contributed by atoms with van der Waals surface area (Å²) in [5.74, 6) is -0.795. The number of carbonyl (C=O) groups excluding carboxylic acids is 2. The van der Waals surface area contributed by atoms with E-state index in [9.17, 15) is 19.0 Å². The molecule has 0 saturated heterocycles. The lowest BCUT2D eigenvalue weighted by molar-refractivity contribution is -0.161. The molecule has 3 N–H and O–H groups in total. The topological polar surface area (TPSA) is 134 Å². The second-order valence-corrected chi connectivity index (χ2v) is 31.2. The molecular weight excluding hydrogens is 1190 g/mol. The van der Waals surface area contributed by atoms with Crippen molar-refractivity contribution in [3.63, 3.8) is 0 Å². The van der Waals surface area contributed by atoms with Crippen LogP contribution in [0, 0.1) is 0 Å². The van der Waals surface area contributed by atoms with Crippen LogP contribution in [0.3, 0.4) is 0 Å². The largest absolute Gasteiger partial charge is 0.472 e. The first-order valence-corrected chi connectivity index (χ1v) is 44.7. The second kappa shape index (κ2) is 81.7. The highest BCUT2D eigenvalue weighted by Gasteiger charge is 2.26. The third kappa shape index (κ3) is 81.6. The lowest BCUT2D eigenvalue weighted by atomic mass is 10.0. The molecule has 0 bridgehead atoms. The smallest absolute Gasteiger partial charge is 0.462 e. The van der Waals surface area contributed by atoms with Crippen LogP contribution in [0.1, 0.15) is 489 Å². The zero-order chi connectivity index (χ0) is 68.6. The highest BCUT2D eigenvalue weighted by molar-refractivity contribution is 7.47. The van der Waals surface area contributed by atoms with Gasteiger partial charge in [0.05, 0.1) is 13.2 Å². The quantitative estimate of drug-likeness (QED) is 0.0264. The van der Waals surface area contributed by atoms with Crippen molar-refractivity contribution in [2.75, 3.05) is 26.4 Å². The van der Waals surface area contributed by atoms with Crippen LogP contribution in [0.15, 0.2) is 12.2 Å². The van der Waals surface area contributed by atoms with Crippen LogP contribution in [0.4, 0.5) is 0 Å². The van der Waals surface area contributed by atoms with E-state index in [0.29, 0.717) is 6.42 Å². The molecule has 10 heteroatoms. The highest BCUT2D eigenvalue weighted by atomic mass is 31.2. The van der Waals surface area contributed by atoms with Gasteiger partial charge in [0.1, 0.15) is 6.61 Å². The maximum absolute atomic E-state index is 12.8. The Bertz CT molecular complexity index is 1560. The molecule has 9 nitrogen and oxygen atoms in total. The van der Waals surface area contributed by atoms with Crippen LogP contribution in [0.2, 0.25) is 0 Å². The number of hydrogen-bond acceptors (Lipinski definition) is 8. The van der Waals surface area contributed by atoms with Gasteiger partial charge < -0.3 is 20.1 Å². The normalized spacial score (nSPS) is 12.8. The van der Waals surface area contributed by atoms with Crippen LogP contribution >= 0.6 is 7.82 Å². The summed E-state index contributed by atoms with van der Waals surface area (Å²) in [6.45, 7) is 3.85. The van der Waals surface area contributed by atoms with Crippen LogP contribution in [0.25, 0.3) is 0 Å². The van der Waals surface area contributed by atoms with Crippen LogP contribution in [-0.4, -0.2) is 49.3 Å². The molecule has 0 spiro atoms. The van der Waals surface area contributed by atoms with Crippen molar-refractivity contribution in [2.24, 2.45) is 5.73 Å². The number of carbonyl (C=O) groups is 2. The SMILES string of the molecule is CCCCCCCCCC/C=C\CCCCCCCCCCCCCCCCCCCCCCCCCC(=O)OC(COC(=O)CCCCCCCCCCCCCCCCCCCCCCCCCCCCCCCCCCCCCCCCC)COP(=O)(O)OCCN. The fourth-order valence-corrected chi connectivity index (χ4v) is 14.5. The molecule has 95 heavy (non-hydrogen) atoms. The molecule has 2 atom stereocenters. The van der Waals surface area contributed by atoms with E-state index >= 15 is 0 Å². The maximum Gasteiger partial charge on any atom is 0.472 e. The van der Waals surface area contributed by atoms with E-state index in [0.717, 1.165) is 32.1 Å². The number of esters is 2. The number of nitrogens with two attached hydrogens (primary N) is 1. The van der Waals surface area contributed by atoms with Crippen molar-refractivity contribution in [1.29, 1.82) is 0 Å². The average Bonchev–Trinajstić information content (AvgIpc) is 3.32. The van der Waals surface area contributed by atoms with E-state index in [2.05, 4.69) is 26.0 Å². The number of hydrogen-bond donors (Lipinski definition) is 2. The van der Waals surface area contributed by atoms with Gasteiger partial charge in [-0.15, -0.1) is 0 Å². The van der Waals surface area contributed by atoms with Crippen LogP contribution in [-0.2, 0) is 32.7 Å². The first-order chi connectivity index (χ1) is 46.8. The number of allylic oxidation sites excluding steroid dienone is 2. The molecule has 0 heterocycles. The van der Waals surface area contributed by atoms with Gasteiger partial charge in [-0.2, -0.15) is 0 Å². The summed E-state index contributed by atoms with van der Waals surface area (Å²) in [6.07, 6.45) is 103. The Morgan fingerprint density at radius 3 is 0.747 bits per heavy atom. The molecule has 0 aliphatic heterocycles. The molecule has 2 unspecified atom stereocenters. The minimum Gasteiger partial charge on any atom is -0.462 e. The van der Waals surface area contributed by atoms with E-state index in [1.165, 1.54) is 424 Å². The molecule has 0 aromatic heterocycles. The summed E-state index contributed by atoms with van der Waals surface area (Å²) in [5.41, 5.74) is 5.42. The minimum absolute atomic E-state index is 0.0582. The van der Waals surface area contributed by atoms with Gasteiger partial charge in [-0.3, -0.25) is 18.6 Å². The number of phosphoric ester groups is 1. The zero-order valence-electron chi connectivity index (χ0n) is 64.2. The lowest BCUT2D eigenvalue weighted by Crippen LogP contribution is -2.29. The van der Waals surface area contributed by atoms with Gasteiger partial charge in [-0.25, -0.2) is 4.57 Å². The van der Waals surface area contributed by atoms with Gasteiger partial charge >= 0.3 is 19.8 Å². The second-order valence-electron chi connectivity index (χ2n) is 29.8. The summed E-state index contributed by atoms with van der Waals surface area (Å²) in [6, 6.07) is 0. The Morgan fingerprint density at radius 2 is 0.516 bits per heavy atom. The molecule has 566 valence electrons. The summed E-state index contributed by atoms with van der Waals surface area (Å²) >= 11 is 0. The van der Waals surface area contributed by atoms with Gasteiger partial charge in [-0.05, 0) is 38.5 Å². The molecule has 0 fully saturated rings.